The minimum absolute atomic E-state index is 0.119. The molecular formula is C26H29FN4O2. The second-order valence-electron chi connectivity index (χ2n) is 9.08. The van der Waals surface area contributed by atoms with Gasteiger partial charge >= 0.3 is 0 Å². The van der Waals surface area contributed by atoms with Gasteiger partial charge < -0.3 is 20.7 Å². The molecule has 0 aromatic heterocycles. The van der Waals surface area contributed by atoms with E-state index in [1.165, 1.54) is 18.3 Å². The number of benzene rings is 2. The van der Waals surface area contributed by atoms with Crippen LogP contribution in [0.2, 0.25) is 0 Å². The summed E-state index contributed by atoms with van der Waals surface area (Å²) in [6, 6.07) is 10.4. The summed E-state index contributed by atoms with van der Waals surface area (Å²) in [5, 5.41) is 3.20. The first kappa shape index (κ1) is 21.6. The van der Waals surface area contributed by atoms with E-state index < -0.39 is 0 Å². The third kappa shape index (κ3) is 4.37. The Morgan fingerprint density at radius 1 is 1.24 bits per heavy atom. The molecule has 2 heterocycles. The zero-order valence-electron chi connectivity index (χ0n) is 18.8. The summed E-state index contributed by atoms with van der Waals surface area (Å²) in [6.07, 6.45) is 6.80. The molecule has 5 rings (SSSR count). The molecule has 1 saturated carbocycles. The van der Waals surface area contributed by atoms with Crippen LogP contribution in [0.15, 0.2) is 47.6 Å². The molecule has 0 bridgehead atoms. The van der Waals surface area contributed by atoms with E-state index in [1.54, 1.807) is 18.3 Å². The van der Waals surface area contributed by atoms with Crippen LogP contribution in [0.25, 0.3) is 5.57 Å². The van der Waals surface area contributed by atoms with Gasteiger partial charge in [-0.2, -0.15) is 0 Å². The van der Waals surface area contributed by atoms with Gasteiger partial charge in [0.15, 0.2) is 0 Å². The van der Waals surface area contributed by atoms with Crippen molar-refractivity contribution < 1.29 is 13.9 Å². The Bertz CT molecular complexity index is 1120. The highest BCUT2D eigenvalue weighted by Crippen LogP contribution is 2.44. The number of ether oxygens (including phenoxy) is 1. The highest BCUT2D eigenvalue weighted by atomic mass is 19.1. The molecule has 2 aliphatic heterocycles. The van der Waals surface area contributed by atoms with Crippen LogP contribution in [0.3, 0.4) is 0 Å². The van der Waals surface area contributed by atoms with Gasteiger partial charge in [0.2, 0.25) is 5.91 Å². The van der Waals surface area contributed by atoms with Crippen LogP contribution in [-0.2, 0) is 11.2 Å². The van der Waals surface area contributed by atoms with E-state index in [2.05, 4.69) is 17.2 Å². The van der Waals surface area contributed by atoms with Gasteiger partial charge in [-0.15, -0.1) is 0 Å². The van der Waals surface area contributed by atoms with Crippen molar-refractivity contribution in [2.75, 3.05) is 18.0 Å². The molecule has 0 radical (unpaired) electrons. The number of aliphatic imine (C=N–C) groups is 1. The largest absolute Gasteiger partial charge is 0.456 e. The second kappa shape index (κ2) is 8.98. The number of carbonyl (C=O) groups is 1. The first-order valence-electron chi connectivity index (χ1n) is 11.6. The molecule has 33 heavy (non-hydrogen) atoms. The second-order valence-corrected chi connectivity index (χ2v) is 9.08. The number of hydrogen-bond acceptors (Lipinski definition) is 5. The van der Waals surface area contributed by atoms with E-state index >= 15 is 0 Å². The average molecular weight is 449 g/mol. The van der Waals surface area contributed by atoms with Crippen molar-refractivity contribution in [3.8, 4) is 11.5 Å². The van der Waals surface area contributed by atoms with Crippen molar-refractivity contribution in [2.45, 2.75) is 44.7 Å². The third-order valence-corrected chi connectivity index (χ3v) is 6.60. The molecule has 0 spiro atoms. The van der Waals surface area contributed by atoms with E-state index in [0.29, 0.717) is 11.5 Å². The zero-order valence-corrected chi connectivity index (χ0v) is 18.8. The normalized spacial score (nSPS) is 21.1. The van der Waals surface area contributed by atoms with Crippen LogP contribution in [0.5, 0.6) is 11.5 Å². The number of carbonyl (C=O) groups excluding carboxylic acids is 1. The van der Waals surface area contributed by atoms with Gasteiger partial charge in [0.05, 0.1) is 11.7 Å². The molecule has 172 valence electrons. The Kier molecular flexibility index (Phi) is 5.89. The summed E-state index contributed by atoms with van der Waals surface area (Å²) in [4.78, 5) is 19.7. The number of amides is 1. The summed E-state index contributed by atoms with van der Waals surface area (Å²) in [5.74, 6) is 0.940. The highest BCUT2D eigenvalue weighted by Gasteiger charge is 2.39. The fourth-order valence-electron chi connectivity index (χ4n) is 4.43. The summed E-state index contributed by atoms with van der Waals surface area (Å²) in [6.45, 7) is 3.79. The van der Waals surface area contributed by atoms with Gasteiger partial charge in [0.1, 0.15) is 17.3 Å². The molecule has 0 unspecified atom stereocenters. The number of hydrogen-bond donors (Lipinski definition) is 2. The molecule has 1 amide bonds. The number of nitrogens with zero attached hydrogens (tertiary/aromatic N) is 2. The molecule has 3 aliphatic rings. The molecule has 1 saturated heterocycles. The lowest BCUT2D eigenvalue weighted by Gasteiger charge is -2.37. The lowest BCUT2D eigenvalue weighted by Crippen LogP contribution is -2.45. The summed E-state index contributed by atoms with van der Waals surface area (Å²) < 4.78 is 20.2. The summed E-state index contributed by atoms with van der Waals surface area (Å²) in [5.41, 5.74) is 9.34. The summed E-state index contributed by atoms with van der Waals surface area (Å²) in [7, 11) is 0. The van der Waals surface area contributed by atoms with Gasteiger partial charge in [-0.1, -0.05) is 6.07 Å². The van der Waals surface area contributed by atoms with Crippen LogP contribution in [-0.4, -0.2) is 37.3 Å². The summed E-state index contributed by atoms with van der Waals surface area (Å²) >= 11 is 0. The molecule has 6 nitrogen and oxygen atoms in total. The molecule has 2 aromatic carbocycles. The Morgan fingerprint density at radius 2 is 2.06 bits per heavy atom. The van der Waals surface area contributed by atoms with Gasteiger partial charge in [-0.25, -0.2) is 4.39 Å². The molecular weight excluding hydrogens is 419 g/mol. The van der Waals surface area contributed by atoms with E-state index in [9.17, 15) is 9.18 Å². The minimum atomic E-state index is -0.369. The fourth-order valence-corrected chi connectivity index (χ4v) is 4.43. The number of nitrogens with two attached hydrogens (primary N) is 1. The Hall–Kier alpha value is -3.19. The third-order valence-electron chi connectivity index (χ3n) is 6.60. The van der Waals surface area contributed by atoms with E-state index in [0.717, 1.165) is 61.2 Å². The van der Waals surface area contributed by atoms with Crippen LogP contribution < -0.4 is 20.7 Å². The first-order valence-corrected chi connectivity index (χ1v) is 11.6. The van der Waals surface area contributed by atoms with Crippen molar-refractivity contribution in [1.82, 2.24) is 5.32 Å². The van der Waals surface area contributed by atoms with Gasteiger partial charge in [-0.3, -0.25) is 9.79 Å². The average Bonchev–Trinajstić information content (AvgIpc) is 3.61. The van der Waals surface area contributed by atoms with Crippen LogP contribution in [0, 0.1) is 11.7 Å². The predicted octanol–water partition coefficient (Wildman–Crippen LogP) is 4.04. The lowest BCUT2D eigenvalue weighted by atomic mass is 9.91. The number of fused-ring (bicyclic) bond motifs is 1. The first-order chi connectivity index (χ1) is 16.0. The number of anilines is 1. The molecule has 1 atom stereocenters. The highest BCUT2D eigenvalue weighted by molar-refractivity contribution is 6.11. The number of allylic oxidation sites excluding steroid dienone is 1. The van der Waals surface area contributed by atoms with Crippen molar-refractivity contribution in [1.29, 1.82) is 0 Å². The maximum Gasteiger partial charge on any atom is 0.230 e. The molecule has 2 aromatic rings. The zero-order chi connectivity index (χ0) is 22.9. The fraction of sp³-hybridized carbons (Fsp3) is 0.385. The molecule has 1 aliphatic carbocycles. The van der Waals surface area contributed by atoms with Crippen molar-refractivity contribution >= 4 is 23.4 Å². The van der Waals surface area contributed by atoms with Gasteiger partial charge in [0.25, 0.3) is 0 Å². The predicted molar refractivity (Wildman–Crippen MR) is 128 cm³/mol. The number of halogens is 1. The topological polar surface area (TPSA) is 80.0 Å². The lowest BCUT2D eigenvalue weighted by molar-refractivity contribution is -0.120. The SMILES string of the molecule is C[C@H]1CCc2c(ccc(C(C=NC3CNC3)=CN)c2Oc2cccc(F)c2)N1C(=O)C1CC1. The maximum absolute atomic E-state index is 13.9. The Balaban J connectivity index is 1.59. The van der Waals surface area contributed by atoms with E-state index in [4.69, 9.17) is 10.5 Å². The van der Waals surface area contributed by atoms with E-state index in [-0.39, 0.29) is 29.7 Å². The monoisotopic (exact) mass is 448 g/mol. The molecule has 7 heteroatoms. The standard InChI is InChI=1S/C26H29FN4O2/c1-16-5-8-23-24(31(16)26(32)17-6-7-17)10-9-22(18(12-28)13-30-20-14-29-15-20)25(23)33-21-4-2-3-19(27)11-21/h2-4,9-13,16-17,20,29H,5-8,14-15,28H2,1H3/t16-/m0/s1. The van der Waals surface area contributed by atoms with E-state index in [1.807, 2.05) is 17.0 Å². The Labute approximate surface area is 193 Å². The van der Waals surface area contributed by atoms with Crippen LogP contribution in [0.4, 0.5) is 10.1 Å². The van der Waals surface area contributed by atoms with Crippen LogP contribution in [0.1, 0.15) is 37.3 Å². The Morgan fingerprint density at radius 3 is 2.73 bits per heavy atom. The molecule has 2 fully saturated rings. The number of rotatable bonds is 6. The van der Waals surface area contributed by atoms with Crippen molar-refractivity contribution in [2.24, 2.45) is 16.6 Å². The quantitative estimate of drug-likeness (QED) is 0.654. The van der Waals surface area contributed by atoms with Gasteiger partial charge in [0, 0.05) is 60.2 Å². The minimum Gasteiger partial charge on any atom is -0.456 e. The van der Waals surface area contributed by atoms with Crippen molar-refractivity contribution in [3.05, 3.63) is 59.5 Å². The van der Waals surface area contributed by atoms with Crippen LogP contribution >= 0.6 is 0 Å². The van der Waals surface area contributed by atoms with Crippen molar-refractivity contribution in [3.63, 3.8) is 0 Å². The smallest absolute Gasteiger partial charge is 0.230 e. The number of nitrogens with one attached hydrogen (secondary N) is 1. The van der Waals surface area contributed by atoms with Gasteiger partial charge in [-0.05, 0) is 56.9 Å². The molecule has 3 N–H and O–H groups in total. The maximum atomic E-state index is 13.9.